The second kappa shape index (κ2) is 3.67. The predicted molar refractivity (Wildman–Crippen MR) is 58.5 cm³/mol. The molecule has 0 radical (unpaired) electrons. The van der Waals surface area contributed by atoms with Crippen molar-refractivity contribution in [3.63, 3.8) is 0 Å². The van der Waals surface area contributed by atoms with Crippen LogP contribution in [0.3, 0.4) is 0 Å². The van der Waals surface area contributed by atoms with Crippen LogP contribution in [-0.4, -0.2) is 4.57 Å². The molecule has 0 aliphatic carbocycles. The van der Waals surface area contributed by atoms with E-state index >= 15 is 0 Å². The lowest BCUT2D eigenvalue weighted by Gasteiger charge is -2.01. The SMILES string of the molecule is Cn1c(-c2ccccc2)csc1=NN. The molecule has 2 N–H and O–H groups in total. The number of thiazole rings is 1. The summed E-state index contributed by atoms with van der Waals surface area (Å²) in [7, 11) is 1.96. The fourth-order valence-electron chi connectivity index (χ4n) is 1.36. The zero-order valence-electron chi connectivity index (χ0n) is 7.84. The van der Waals surface area contributed by atoms with Gasteiger partial charge in [-0.25, -0.2) is 0 Å². The Morgan fingerprint density at radius 2 is 2.00 bits per heavy atom. The molecule has 0 unspecified atom stereocenters. The maximum absolute atomic E-state index is 5.26. The average molecular weight is 205 g/mol. The largest absolute Gasteiger partial charge is 0.320 e. The van der Waals surface area contributed by atoms with Crippen LogP contribution in [-0.2, 0) is 7.05 Å². The van der Waals surface area contributed by atoms with E-state index < -0.39 is 0 Å². The maximum Gasteiger partial charge on any atom is 0.207 e. The van der Waals surface area contributed by atoms with Crippen molar-refractivity contribution in [2.45, 2.75) is 0 Å². The third kappa shape index (κ3) is 1.44. The normalized spacial score (nSPS) is 11.9. The van der Waals surface area contributed by atoms with E-state index in [1.807, 2.05) is 29.8 Å². The molecule has 0 amide bonds. The summed E-state index contributed by atoms with van der Waals surface area (Å²) < 4.78 is 1.99. The molecule has 0 fully saturated rings. The molecule has 1 aromatic carbocycles. The van der Waals surface area contributed by atoms with Crippen molar-refractivity contribution in [3.05, 3.63) is 40.5 Å². The molecule has 72 valence electrons. The molecule has 2 rings (SSSR count). The van der Waals surface area contributed by atoms with E-state index in [2.05, 4.69) is 22.6 Å². The summed E-state index contributed by atoms with van der Waals surface area (Å²) in [5.74, 6) is 5.26. The minimum atomic E-state index is 0.823. The van der Waals surface area contributed by atoms with Gasteiger partial charge in [-0.2, -0.15) is 5.10 Å². The monoisotopic (exact) mass is 205 g/mol. The topological polar surface area (TPSA) is 43.3 Å². The Morgan fingerprint density at radius 1 is 1.29 bits per heavy atom. The van der Waals surface area contributed by atoms with Crippen LogP contribution in [0.1, 0.15) is 0 Å². The molecule has 0 atom stereocenters. The van der Waals surface area contributed by atoms with E-state index in [-0.39, 0.29) is 0 Å². The lowest BCUT2D eigenvalue weighted by Crippen LogP contribution is -2.13. The van der Waals surface area contributed by atoms with Crippen LogP contribution in [0.15, 0.2) is 40.8 Å². The van der Waals surface area contributed by atoms with Gasteiger partial charge in [-0.05, 0) is 5.56 Å². The minimum absolute atomic E-state index is 0.823. The van der Waals surface area contributed by atoms with Gasteiger partial charge in [0.05, 0.1) is 5.69 Å². The van der Waals surface area contributed by atoms with E-state index in [0.29, 0.717) is 0 Å². The number of nitrogens with two attached hydrogens (primary N) is 1. The molecule has 0 saturated heterocycles. The molecule has 4 heteroatoms. The van der Waals surface area contributed by atoms with Crippen LogP contribution in [0.25, 0.3) is 11.3 Å². The van der Waals surface area contributed by atoms with Crippen molar-refractivity contribution in [3.8, 4) is 11.3 Å². The highest BCUT2D eigenvalue weighted by molar-refractivity contribution is 7.07. The maximum atomic E-state index is 5.26. The standard InChI is InChI=1S/C10H11N3S/c1-13-9(7-14-10(13)12-11)8-5-3-2-4-6-8/h2-7H,11H2,1H3. The number of benzene rings is 1. The quantitative estimate of drug-likeness (QED) is 0.557. The van der Waals surface area contributed by atoms with Crippen LogP contribution in [0, 0.1) is 0 Å². The Bertz CT molecular complexity index is 482. The van der Waals surface area contributed by atoms with Crippen LogP contribution in [0.2, 0.25) is 0 Å². The highest BCUT2D eigenvalue weighted by Gasteiger charge is 2.02. The summed E-state index contributed by atoms with van der Waals surface area (Å²) in [6.07, 6.45) is 0. The van der Waals surface area contributed by atoms with Crippen LogP contribution >= 0.6 is 11.3 Å². The Labute approximate surface area is 86.1 Å². The average Bonchev–Trinajstić information content (AvgIpc) is 2.61. The predicted octanol–water partition coefficient (Wildman–Crippen LogP) is 1.53. The molecule has 0 saturated carbocycles. The van der Waals surface area contributed by atoms with Gasteiger partial charge >= 0.3 is 0 Å². The van der Waals surface area contributed by atoms with E-state index in [1.165, 1.54) is 5.56 Å². The first-order valence-corrected chi connectivity index (χ1v) is 5.15. The molecule has 0 aliphatic rings. The van der Waals surface area contributed by atoms with Gasteiger partial charge in [-0.3, -0.25) is 0 Å². The lowest BCUT2D eigenvalue weighted by molar-refractivity contribution is 0.862. The minimum Gasteiger partial charge on any atom is -0.320 e. The number of rotatable bonds is 1. The van der Waals surface area contributed by atoms with E-state index in [1.54, 1.807) is 11.3 Å². The fourth-order valence-corrected chi connectivity index (χ4v) is 2.19. The first kappa shape index (κ1) is 9.02. The first-order chi connectivity index (χ1) is 6.83. The highest BCUT2D eigenvalue weighted by Crippen LogP contribution is 2.17. The highest BCUT2D eigenvalue weighted by atomic mass is 32.1. The third-order valence-corrected chi connectivity index (χ3v) is 3.04. The van der Waals surface area contributed by atoms with Gasteiger partial charge < -0.3 is 10.4 Å². The van der Waals surface area contributed by atoms with Crippen LogP contribution in [0.4, 0.5) is 0 Å². The molecule has 1 aromatic heterocycles. The van der Waals surface area contributed by atoms with Crippen LogP contribution < -0.4 is 10.6 Å². The summed E-state index contributed by atoms with van der Waals surface area (Å²) >= 11 is 1.54. The smallest absolute Gasteiger partial charge is 0.207 e. The first-order valence-electron chi connectivity index (χ1n) is 4.27. The molecular weight excluding hydrogens is 194 g/mol. The Hall–Kier alpha value is -1.55. The molecule has 2 aromatic rings. The van der Waals surface area contributed by atoms with Crippen molar-refractivity contribution < 1.29 is 0 Å². The van der Waals surface area contributed by atoms with Crippen molar-refractivity contribution >= 4 is 11.3 Å². The summed E-state index contributed by atoms with van der Waals surface area (Å²) in [5, 5.41) is 5.75. The molecular formula is C10H11N3S. The summed E-state index contributed by atoms with van der Waals surface area (Å²) in [4.78, 5) is 0.823. The van der Waals surface area contributed by atoms with E-state index in [4.69, 9.17) is 5.84 Å². The van der Waals surface area contributed by atoms with Crippen molar-refractivity contribution in [1.29, 1.82) is 0 Å². The Kier molecular flexibility index (Phi) is 2.37. The second-order valence-corrected chi connectivity index (χ2v) is 3.79. The van der Waals surface area contributed by atoms with Crippen LogP contribution in [0.5, 0.6) is 0 Å². The van der Waals surface area contributed by atoms with Crippen molar-refractivity contribution in [2.75, 3.05) is 0 Å². The van der Waals surface area contributed by atoms with E-state index in [0.717, 1.165) is 10.5 Å². The summed E-state index contributed by atoms with van der Waals surface area (Å²) in [6, 6.07) is 10.2. The molecule has 14 heavy (non-hydrogen) atoms. The second-order valence-electron chi connectivity index (χ2n) is 2.96. The van der Waals surface area contributed by atoms with Gasteiger partial charge in [-0.1, -0.05) is 30.3 Å². The van der Waals surface area contributed by atoms with Gasteiger partial charge in [-0.15, -0.1) is 11.3 Å². The van der Waals surface area contributed by atoms with Crippen molar-refractivity contribution in [2.24, 2.45) is 18.0 Å². The molecule has 1 heterocycles. The number of aromatic nitrogens is 1. The Morgan fingerprint density at radius 3 is 2.57 bits per heavy atom. The molecule has 3 nitrogen and oxygen atoms in total. The van der Waals surface area contributed by atoms with Gasteiger partial charge in [0.2, 0.25) is 4.80 Å². The zero-order chi connectivity index (χ0) is 9.97. The number of hydrogen-bond donors (Lipinski definition) is 1. The summed E-state index contributed by atoms with van der Waals surface area (Å²) in [6.45, 7) is 0. The zero-order valence-corrected chi connectivity index (χ0v) is 8.66. The van der Waals surface area contributed by atoms with Gasteiger partial charge in [0.15, 0.2) is 0 Å². The van der Waals surface area contributed by atoms with Gasteiger partial charge in [0.1, 0.15) is 0 Å². The molecule has 0 spiro atoms. The van der Waals surface area contributed by atoms with Crippen molar-refractivity contribution in [1.82, 2.24) is 4.57 Å². The third-order valence-electron chi connectivity index (χ3n) is 2.10. The lowest BCUT2D eigenvalue weighted by atomic mass is 10.2. The number of hydrogen-bond acceptors (Lipinski definition) is 3. The van der Waals surface area contributed by atoms with E-state index in [9.17, 15) is 0 Å². The molecule has 0 aliphatic heterocycles. The summed E-state index contributed by atoms with van der Waals surface area (Å²) in [5.41, 5.74) is 2.32. The van der Waals surface area contributed by atoms with Gasteiger partial charge in [0, 0.05) is 12.4 Å². The number of nitrogens with zero attached hydrogens (tertiary/aromatic N) is 2. The fraction of sp³-hybridized carbons (Fsp3) is 0.100. The molecule has 0 bridgehead atoms. The van der Waals surface area contributed by atoms with Gasteiger partial charge in [0.25, 0.3) is 0 Å². The Balaban J connectivity index is 2.59.